The van der Waals surface area contributed by atoms with Gasteiger partial charge in [0.2, 0.25) is 5.88 Å². The fourth-order valence-corrected chi connectivity index (χ4v) is 5.41. The molecule has 1 aliphatic heterocycles. The van der Waals surface area contributed by atoms with E-state index in [4.69, 9.17) is 19.9 Å². The number of ether oxygens (including phenoxy) is 3. The molecule has 0 fully saturated rings. The van der Waals surface area contributed by atoms with Crippen molar-refractivity contribution in [1.29, 1.82) is 5.26 Å². The number of hydrogen-bond acceptors (Lipinski definition) is 7. The van der Waals surface area contributed by atoms with Gasteiger partial charge in [-0.1, -0.05) is 37.6 Å². The highest BCUT2D eigenvalue weighted by molar-refractivity contribution is 6.00. The molecule has 1 amide bonds. The molecule has 0 saturated carbocycles. The van der Waals surface area contributed by atoms with E-state index < -0.39 is 5.92 Å². The zero-order valence-electron chi connectivity index (χ0n) is 23.4. The number of nitrogens with one attached hydrogen (secondary N) is 1. The van der Waals surface area contributed by atoms with Crippen molar-refractivity contribution in [2.24, 2.45) is 11.1 Å². The van der Waals surface area contributed by atoms with Crippen molar-refractivity contribution in [3.8, 4) is 17.6 Å². The van der Waals surface area contributed by atoms with E-state index in [0.717, 1.165) is 22.4 Å². The second-order valence-corrected chi connectivity index (χ2v) is 11.0. The molecule has 2 aliphatic rings. The summed E-state index contributed by atoms with van der Waals surface area (Å²) in [6.45, 7) is 11.9. The first-order valence-corrected chi connectivity index (χ1v) is 13.0. The van der Waals surface area contributed by atoms with Crippen molar-refractivity contribution in [3.05, 3.63) is 75.4 Å². The summed E-state index contributed by atoms with van der Waals surface area (Å²) in [5.74, 6) is 0.251. The third-order valence-electron chi connectivity index (χ3n) is 6.98. The SMILES string of the molecule is CCOc1cc(C2C(C#N)=C(N)OC3=C2C(=O)CC(C)(C)C3)ccc1OCC(=O)Nc1c(C)cc(C)cc1C. The molecule has 0 saturated heterocycles. The fourth-order valence-electron chi connectivity index (χ4n) is 5.41. The molecule has 204 valence electrons. The smallest absolute Gasteiger partial charge is 0.262 e. The maximum absolute atomic E-state index is 13.3. The second-order valence-electron chi connectivity index (χ2n) is 11.0. The summed E-state index contributed by atoms with van der Waals surface area (Å²) >= 11 is 0. The van der Waals surface area contributed by atoms with Gasteiger partial charge in [-0.15, -0.1) is 0 Å². The highest BCUT2D eigenvalue weighted by atomic mass is 16.5. The molecule has 8 heteroatoms. The van der Waals surface area contributed by atoms with Crippen molar-refractivity contribution in [2.75, 3.05) is 18.5 Å². The standard InChI is InChI=1S/C31H35N3O5/c1-7-37-24-12-20(27-21(15-32)30(33)39-25-14-31(5,6)13-22(35)28(25)27)8-9-23(24)38-16-26(36)34-29-18(3)10-17(2)11-19(29)4/h8-12,27H,7,13-14,16,33H2,1-6H3,(H,34,36). The lowest BCUT2D eigenvalue weighted by Crippen LogP contribution is -2.33. The molecule has 3 N–H and O–H groups in total. The lowest BCUT2D eigenvalue weighted by molar-refractivity contribution is -0.119. The van der Waals surface area contributed by atoms with Crippen LogP contribution in [0, 0.1) is 37.5 Å². The molecule has 2 aromatic carbocycles. The summed E-state index contributed by atoms with van der Waals surface area (Å²) in [5.41, 5.74) is 11.0. The first-order valence-electron chi connectivity index (χ1n) is 13.0. The van der Waals surface area contributed by atoms with E-state index in [1.165, 1.54) is 0 Å². The van der Waals surface area contributed by atoms with E-state index in [1.54, 1.807) is 18.2 Å². The minimum atomic E-state index is -0.675. The Labute approximate surface area is 229 Å². The first kappa shape index (κ1) is 27.8. The molecular weight excluding hydrogens is 494 g/mol. The number of ketones is 1. The number of aryl methyl sites for hydroxylation is 3. The molecule has 8 nitrogen and oxygen atoms in total. The predicted molar refractivity (Wildman–Crippen MR) is 148 cm³/mol. The average molecular weight is 530 g/mol. The zero-order chi connectivity index (χ0) is 28.5. The van der Waals surface area contributed by atoms with Gasteiger partial charge in [0, 0.05) is 24.1 Å². The highest BCUT2D eigenvalue weighted by Crippen LogP contribution is 2.48. The van der Waals surface area contributed by atoms with E-state index in [2.05, 4.69) is 11.4 Å². The van der Waals surface area contributed by atoms with E-state index >= 15 is 0 Å². The summed E-state index contributed by atoms with van der Waals surface area (Å²) in [5, 5.41) is 12.9. The maximum atomic E-state index is 13.3. The molecule has 39 heavy (non-hydrogen) atoms. The first-order chi connectivity index (χ1) is 18.4. The number of nitrogens with two attached hydrogens (primary N) is 1. The lowest BCUT2D eigenvalue weighted by atomic mass is 9.70. The minimum Gasteiger partial charge on any atom is -0.490 e. The van der Waals surface area contributed by atoms with Gasteiger partial charge in [-0.05, 0) is 61.9 Å². The summed E-state index contributed by atoms with van der Waals surface area (Å²) < 4.78 is 17.5. The topological polar surface area (TPSA) is 124 Å². The van der Waals surface area contributed by atoms with Gasteiger partial charge in [0.05, 0.1) is 12.5 Å². The summed E-state index contributed by atoms with van der Waals surface area (Å²) in [7, 11) is 0. The zero-order valence-corrected chi connectivity index (χ0v) is 23.4. The molecule has 1 heterocycles. The Balaban J connectivity index is 1.62. The van der Waals surface area contributed by atoms with E-state index in [0.29, 0.717) is 47.8 Å². The van der Waals surface area contributed by atoms with Crippen molar-refractivity contribution < 1.29 is 23.8 Å². The van der Waals surface area contributed by atoms with Crippen LogP contribution in [-0.2, 0) is 14.3 Å². The van der Waals surface area contributed by atoms with Gasteiger partial charge in [-0.25, -0.2) is 0 Å². The van der Waals surface area contributed by atoms with E-state index in [1.807, 2.05) is 53.7 Å². The Kier molecular flexibility index (Phi) is 7.73. The number of amides is 1. The number of Topliss-reactive ketones (excluding diaryl/α,β-unsaturated/α-hetero) is 1. The molecule has 4 rings (SSSR count). The summed E-state index contributed by atoms with van der Waals surface area (Å²) in [6.07, 6.45) is 0.886. The molecule has 0 aromatic heterocycles. The average Bonchev–Trinajstić information content (AvgIpc) is 2.84. The number of rotatable bonds is 7. The van der Waals surface area contributed by atoms with Crippen LogP contribution in [-0.4, -0.2) is 24.9 Å². The quantitative estimate of drug-likeness (QED) is 0.487. The Bertz CT molecular complexity index is 1420. The second kappa shape index (κ2) is 10.9. The Hall–Kier alpha value is -4.25. The molecule has 1 atom stereocenters. The molecule has 1 aliphatic carbocycles. The number of anilines is 1. The Morgan fingerprint density at radius 3 is 2.46 bits per heavy atom. The van der Waals surface area contributed by atoms with Crippen molar-refractivity contribution in [2.45, 2.75) is 60.3 Å². The number of benzene rings is 2. The normalized spacial score (nSPS) is 18.2. The molecule has 1 unspecified atom stereocenters. The van der Waals surface area contributed by atoms with Crippen LogP contribution < -0.4 is 20.5 Å². The lowest BCUT2D eigenvalue weighted by Gasteiger charge is -2.37. The van der Waals surface area contributed by atoms with Crippen molar-refractivity contribution in [1.82, 2.24) is 0 Å². The van der Waals surface area contributed by atoms with Gasteiger partial charge in [-0.2, -0.15) is 5.26 Å². The third kappa shape index (κ3) is 5.78. The Morgan fingerprint density at radius 2 is 1.82 bits per heavy atom. The van der Waals surface area contributed by atoms with Crippen LogP contribution in [0.4, 0.5) is 5.69 Å². The number of nitriles is 1. The molecule has 0 bridgehead atoms. The Morgan fingerprint density at radius 1 is 1.13 bits per heavy atom. The van der Waals surface area contributed by atoms with Crippen LogP contribution in [0.15, 0.2) is 53.1 Å². The number of carbonyl (C=O) groups excluding carboxylic acids is 2. The predicted octanol–water partition coefficient (Wildman–Crippen LogP) is 5.48. The van der Waals surface area contributed by atoms with Gasteiger partial charge in [0.25, 0.3) is 5.91 Å². The number of nitrogens with zero attached hydrogens (tertiary/aromatic N) is 1. The van der Waals surface area contributed by atoms with Gasteiger partial charge >= 0.3 is 0 Å². The van der Waals surface area contributed by atoms with Crippen molar-refractivity contribution in [3.63, 3.8) is 0 Å². The van der Waals surface area contributed by atoms with Crippen LogP contribution in [0.25, 0.3) is 0 Å². The largest absolute Gasteiger partial charge is 0.490 e. The van der Waals surface area contributed by atoms with Gasteiger partial charge in [0.15, 0.2) is 23.9 Å². The highest BCUT2D eigenvalue weighted by Gasteiger charge is 2.43. The van der Waals surface area contributed by atoms with Crippen LogP contribution in [0.1, 0.15) is 61.8 Å². The third-order valence-corrected chi connectivity index (χ3v) is 6.98. The number of hydrogen-bond donors (Lipinski definition) is 2. The van der Waals surface area contributed by atoms with E-state index in [-0.39, 0.29) is 35.2 Å². The number of carbonyl (C=O) groups is 2. The molecule has 0 spiro atoms. The minimum absolute atomic E-state index is 0.00315. The van der Waals surface area contributed by atoms with Crippen LogP contribution >= 0.6 is 0 Å². The summed E-state index contributed by atoms with van der Waals surface area (Å²) in [6, 6.07) is 11.4. The van der Waals surface area contributed by atoms with Gasteiger partial charge < -0.3 is 25.3 Å². The monoisotopic (exact) mass is 529 g/mol. The number of allylic oxidation sites excluding steroid dienone is 3. The summed E-state index contributed by atoms with van der Waals surface area (Å²) in [4.78, 5) is 26.0. The molecule has 0 radical (unpaired) electrons. The molecule has 2 aromatic rings. The molecular formula is C31H35N3O5. The van der Waals surface area contributed by atoms with Crippen molar-refractivity contribution >= 4 is 17.4 Å². The fraction of sp³-hybridized carbons (Fsp3) is 0.387. The van der Waals surface area contributed by atoms with E-state index in [9.17, 15) is 14.9 Å². The van der Waals surface area contributed by atoms with Gasteiger partial charge in [-0.3, -0.25) is 9.59 Å². The van der Waals surface area contributed by atoms with Crippen LogP contribution in [0.5, 0.6) is 11.5 Å². The van der Waals surface area contributed by atoms with Gasteiger partial charge in [0.1, 0.15) is 17.4 Å². The maximum Gasteiger partial charge on any atom is 0.262 e. The van der Waals surface area contributed by atoms with Crippen LogP contribution in [0.3, 0.4) is 0 Å². The van der Waals surface area contributed by atoms with Crippen LogP contribution in [0.2, 0.25) is 0 Å².